The van der Waals surface area contributed by atoms with Crippen LogP contribution < -0.4 is 19.1 Å². The molecule has 3 aromatic rings. The van der Waals surface area contributed by atoms with Crippen LogP contribution in [-0.2, 0) is 20.2 Å². The van der Waals surface area contributed by atoms with Gasteiger partial charge in [-0.05, 0) is 60.7 Å². The van der Waals surface area contributed by atoms with Crippen LogP contribution in [0.2, 0.25) is 0 Å². The number of rotatable bonds is 7. The van der Waals surface area contributed by atoms with Crippen LogP contribution in [0.1, 0.15) is 37.5 Å². The number of nitrogens with one attached hydrogen (secondary N) is 1. The van der Waals surface area contributed by atoms with E-state index >= 15 is 0 Å². The molecule has 0 bridgehead atoms. The van der Waals surface area contributed by atoms with E-state index in [1.807, 2.05) is 50.2 Å². The monoisotopic (exact) mass is 522 g/mol. The van der Waals surface area contributed by atoms with Crippen molar-refractivity contribution in [2.45, 2.75) is 51.0 Å². The quantitative estimate of drug-likeness (QED) is 0.453. The highest BCUT2D eigenvalue weighted by Crippen LogP contribution is 2.40. The van der Waals surface area contributed by atoms with Gasteiger partial charge >= 0.3 is 0 Å². The van der Waals surface area contributed by atoms with Gasteiger partial charge in [-0.3, -0.25) is 9.10 Å². The molecule has 0 saturated heterocycles. The summed E-state index contributed by atoms with van der Waals surface area (Å²) < 4.78 is 40.6. The first kappa shape index (κ1) is 26.5. The van der Waals surface area contributed by atoms with Gasteiger partial charge < -0.3 is 14.8 Å². The number of carbonyl (C=O) groups is 1. The molecule has 0 spiro atoms. The van der Waals surface area contributed by atoms with Gasteiger partial charge in [0.05, 0.1) is 23.7 Å². The summed E-state index contributed by atoms with van der Waals surface area (Å²) in [7, 11) is -3.94. The van der Waals surface area contributed by atoms with E-state index < -0.39 is 22.0 Å². The zero-order chi connectivity index (χ0) is 26.8. The maximum absolute atomic E-state index is 13.8. The van der Waals surface area contributed by atoms with E-state index in [0.29, 0.717) is 11.4 Å². The Kier molecular flexibility index (Phi) is 7.50. The molecule has 37 heavy (non-hydrogen) atoms. The Morgan fingerprint density at radius 3 is 2.43 bits per heavy atom. The fourth-order valence-corrected chi connectivity index (χ4v) is 5.55. The van der Waals surface area contributed by atoms with Crippen LogP contribution in [0.4, 0.5) is 5.69 Å². The Balaban J connectivity index is 1.56. The Bertz CT molecular complexity index is 1380. The highest BCUT2D eigenvalue weighted by Gasteiger charge is 2.38. The third-order valence-electron chi connectivity index (χ3n) is 6.35. The van der Waals surface area contributed by atoms with Gasteiger partial charge in [-0.15, -0.1) is 0 Å². The molecule has 0 saturated carbocycles. The molecule has 196 valence electrons. The van der Waals surface area contributed by atoms with Gasteiger partial charge in [-0.2, -0.15) is 0 Å². The average molecular weight is 523 g/mol. The Hall–Kier alpha value is -3.52. The van der Waals surface area contributed by atoms with Crippen molar-refractivity contribution in [2.24, 2.45) is 0 Å². The van der Waals surface area contributed by atoms with Crippen LogP contribution in [0.25, 0.3) is 0 Å². The predicted octanol–water partition coefficient (Wildman–Crippen LogP) is 4.75. The normalized spacial score (nSPS) is 15.5. The van der Waals surface area contributed by atoms with Gasteiger partial charge in [0.1, 0.15) is 18.1 Å². The van der Waals surface area contributed by atoms with Crippen molar-refractivity contribution in [1.82, 2.24) is 5.32 Å². The van der Waals surface area contributed by atoms with Crippen LogP contribution >= 0.6 is 0 Å². The summed E-state index contributed by atoms with van der Waals surface area (Å²) in [5, 5.41) is 2.82. The smallest absolute Gasteiger partial charge is 0.264 e. The van der Waals surface area contributed by atoms with Gasteiger partial charge in [0.25, 0.3) is 15.9 Å². The summed E-state index contributed by atoms with van der Waals surface area (Å²) in [5.41, 5.74) is 3.17. The molecule has 8 heteroatoms. The molecular formula is C29H34N2O5S. The lowest BCUT2D eigenvalue weighted by molar-refractivity contribution is -0.127. The Morgan fingerprint density at radius 1 is 1.05 bits per heavy atom. The number of ether oxygens (including phenoxy) is 2. The molecule has 0 radical (unpaired) electrons. The topological polar surface area (TPSA) is 84.9 Å². The summed E-state index contributed by atoms with van der Waals surface area (Å²) in [5.74, 6) is 0.707. The van der Waals surface area contributed by atoms with Crippen LogP contribution in [0, 0.1) is 13.8 Å². The number of carbonyl (C=O) groups excluding carboxylic acids is 1. The van der Waals surface area contributed by atoms with E-state index in [0.717, 1.165) is 22.4 Å². The lowest BCUT2D eigenvalue weighted by Crippen LogP contribution is -2.51. The highest BCUT2D eigenvalue weighted by molar-refractivity contribution is 7.92. The summed E-state index contributed by atoms with van der Waals surface area (Å²) in [6.45, 7) is 10.4. The third kappa shape index (κ3) is 5.91. The third-order valence-corrected chi connectivity index (χ3v) is 8.14. The minimum Gasteiger partial charge on any atom is -0.491 e. The van der Waals surface area contributed by atoms with Crippen molar-refractivity contribution in [3.63, 3.8) is 0 Å². The first-order chi connectivity index (χ1) is 17.5. The van der Waals surface area contributed by atoms with Crippen molar-refractivity contribution in [3.8, 4) is 11.5 Å². The van der Waals surface area contributed by atoms with Crippen LogP contribution in [-0.4, -0.2) is 40.1 Å². The minimum atomic E-state index is -3.94. The Labute approximate surface area is 219 Å². The molecule has 1 aliphatic heterocycles. The fraction of sp³-hybridized carbons (Fsp3) is 0.345. The van der Waals surface area contributed by atoms with Crippen molar-refractivity contribution in [1.29, 1.82) is 0 Å². The lowest BCUT2D eigenvalue weighted by Gasteiger charge is -2.36. The van der Waals surface area contributed by atoms with Crippen molar-refractivity contribution in [2.75, 3.05) is 24.0 Å². The van der Waals surface area contributed by atoms with Gasteiger partial charge in [-0.1, -0.05) is 62.7 Å². The Morgan fingerprint density at radius 2 is 1.76 bits per heavy atom. The standard InChI is InChI=1S/C29H34N2O5S/c1-20-10-13-23(14-11-20)37(33,34)31-19-27(36-26-15-12-22(18-24(26)31)29(3,4)5)28(32)30-16-17-35-25-9-7-6-8-21(25)2/h6-15,18,27H,16-17,19H2,1-5H3,(H,30,32). The van der Waals surface area contributed by atoms with Crippen LogP contribution in [0.15, 0.2) is 71.6 Å². The molecule has 0 fully saturated rings. The zero-order valence-corrected chi connectivity index (χ0v) is 22.8. The minimum absolute atomic E-state index is 0.138. The molecule has 1 amide bonds. The molecule has 0 aromatic heterocycles. The number of hydrogen-bond donors (Lipinski definition) is 1. The molecule has 1 heterocycles. The summed E-state index contributed by atoms with van der Waals surface area (Å²) >= 11 is 0. The number of benzene rings is 3. The average Bonchev–Trinajstić information content (AvgIpc) is 2.86. The summed E-state index contributed by atoms with van der Waals surface area (Å²) in [6, 6.07) is 19.8. The van der Waals surface area contributed by atoms with Crippen LogP contribution in [0.3, 0.4) is 0 Å². The summed E-state index contributed by atoms with van der Waals surface area (Å²) in [4.78, 5) is 13.2. The second-order valence-corrected chi connectivity index (χ2v) is 12.2. The van der Waals surface area contributed by atoms with Crippen molar-refractivity contribution < 1.29 is 22.7 Å². The zero-order valence-electron chi connectivity index (χ0n) is 21.9. The second-order valence-electron chi connectivity index (χ2n) is 10.3. The van der Waals surface area contributed by atoms with E-state index in [1.54, 1.807) is 30.3 Å². The van der Waals surface area contributed by atoms with Gasteiger partial charge in [0.15, 0.2) is 6.10 Å². The van der Waals surface area contributed by atoms with E-state index in [2.05, 4.69) is 26.1 Å². The number of nitrogens with zero attached hydrogens (tertiary/aromatic N) is 1. The van der Waals surface area contributed by atoms with Gasteiger partial charge in [0.2, 0.25) is 0 Å². The van der Waals surface area contributed by atoms with Crippen LogP contribution in [0.5, 0.6) is 11.5 Å². The molecule has 1 N–H and O–H groups in total. The number of anilines is 1. The SMILES string of the molecule is Cc1ccc(S(=O)(=O)N2CC(C(=O)NCCOc3ccccc3C)Oc3ccc(C(C)(C)C)cc32)cc1. The number of hydrogen-bond acceptors (Lipinski definition) is 5. The number of amides is 1. The molecule has 3 aromatic carbocycles. The van der Waals surface area contributed by atoms with Gasteiger partial charge in [-0.25, -0.2) is 8.42 Å². The predicted molar refractivity (Wildman–Crippen MR) is 145 cm³/mol. The van der Waals surface area contributed by atoms with E-state index in [4.69, 9.17) is 9.47 Å². The van der Waals surface area contributed by atoms with E-state index in [9.17, 15) is 13.2 Å². The lowest BCUT2D eigenvalue weighted by atomic mass is 9.86. The molecule has 1 unspecified atom stereocenters. The molecule has 7 nitrogen and oxygen atoms in total. The molecule has 4 rings (SSSR count). The number of sulfonamides is 1. The maximum Gasteiger partial charge on any atom is 0.264 e. The fourth-order valence-electron chi connectivity index (χ4n) is 4.09. The van der Waals surface area contributed by atoms with E-state index in [1.165, 1.54) is 4.31 Å². The number of aryl methyl sites for hydroxylation is 2. The number of para-hydroxylation sites is 1. The molecule has 1 atom stereocenters. The molecular weight excluding hydrogens is 488 g/mol. The molecule has 1 aliphatic rings. The summed E-state index contributed by atoms with van der Waals surface area (Å²) in [6.07, 6.45) is -1.01. The maximum atomic E-state index is 13.8. The largest absolute Gasteiger partial charge is 0.491 e. The number of fused-ring (bicyclic) bond motifs is 1. The highest BCUT2D eigenvalue weighted by atomic mass is 32.2. The first-order valence-electron chi connectivity index (χ1n) is 12.3. The van der Waals surface area contributed by atoms with E-state index in [-0.39, 0.29) is 30.0 Å². The molecule has 0 aliphatic carbocycles. The second kappa shape index (κ2) is 10.5. The van der Waals surface area contributed by atoms with Gasteiger partial charge in [0, 0.05) is 0 Å². The van der Waals surface area contributed by atoms with Crippen molar-refractivity contribution >= 4 is 21.6 Å². The first-order valence-corrected chi connectivity index (χ1v) is 13.8. The van der Waals surface area contributed by atoms with Crippen molar-refractivity contribution in [3.05, 3.63) is 83.4 Å².